The van der Waals surface area contributed by atoms with Gasteiger partial charge in [-0.05, 0) is 218 Å². The van der Waals surface area contributed by atoms with E-state index in [2.05, 4.69) is 272 Å². The third-order valence-electron chi connectivity index (χ3n) is 21.6. The van der Waals surface area contributed by atoms with E-state index >= 15 is 0 Å². The van der Waals surface area contributed by atoms with Crippen molar-refractivity contribution in [2.24, 2.45) is 0 Å². The number of benzene rings is 8. The van der Waals surface area contributed by atoms with Gasteiger partial charge in [0, 0.05) is 56.1 Å². The molecule has 14 rings (SSSR count). The number of fused-ring (bicyclic) bond motifs is 10. The van der Waals surface area contributed by atoms with Crippen LogP contribution in [0.3, 0.4) is 0 Å². The molecule has 0 atom stereocenters. The summed E-state index contributed by atoms with van der Waals surface area (Å²) < 4.78 is 7.19. The van der Waals surface area contributed by atoms with Crippen LogP contribution in [0, 0.1) is 13.8 Å². The smallest absolute Gasteiger partial charge is 0.252 e. The van der Waals surface area contributed by atoms with Crippen molar-refractivity contribution in [3.63, 3.8) is 0 Å². The van der Waals surface area contributed by atoms with Crippen molar-refractivity contribution >= 4 is 96.2 Å². The Labute approximate surface area is 496 Å². The highest BCUT2D eigenvalue weighted by molar-refractivity contribution is 7.00. The average molecular weight is 1090 g/mol. The highest BCUT2D eigenvalue weighted by Crippen LogP contribution is 2.57. The van der Waals surface area contributed by atoms with E-state index < -0.39 is 0 Å². The molecule has 4 nitrogen and oxygen atoms in total. The molecule has 0 unspecified atom stereocenters. The lowest BCUT2D eigenvalue weighted by Gasteiger charge is -2.49. The van der Waals surface area contributed by atoms with Gasteiger partial charge in [0.1, 0.15) is 11.2 Å². The average Bonchev–Trinajstić information content (AvgIpc) is 0.991. The Kier molecular flexibility index (Phi) is 11.6. The van der Waals surface area contributed by atoms with Crippen LogP contribution in [0.2, 0.25) is 0 Å². The summed E-state index contributed by atoms with van der Waals surface area (Å²) in [6, 6.07) is 55.1. The summed E-state index contributed by atoms with van der Waals surface area (Å²) in [5.41, 5.74) is 29.2. The topological polar surface area (TPSA) is 22.9 Å². The second-order valence-electron chi connectivity index (χ2n) is 31.0. The molecule has 3 heterocycles. The first kappa shape index (κ1) is 54.0. The maximum absolute atomic E-state index is 7.19. The van der Waals surface area contributed by atoms with Crippen molar-refractivity contribution in [2.45, 2.75) is 194 Å². The molecule has 5 aliphatic rings. The molecule has 5 heteroatoms. The lowest BCUT2D eigenvalue weighted by Crippen LogP contribution is -2.62. The van der Waals surface area contributed by atoms with Crippen molar-refractivity contribution in [3.8, 4) is 0 Å². The van der Waals surface area contributed by atoms with Gasteiger partial charge in [0.2, 0.25) is 0 Å². The SMILES string of the molecule is Cc1ccccc1N(c1cc2c3c(c1)N(c1ccc4c(oc5ccccc54)c1C(C)(C)C)c1cc4c(cc1B3c1cc3c(cc1N2c1ccc2c(c1)C(C)(C)CCC2(C)C)C(C)(C)CCC3(C)C)C(C)(C)CCC4(C)C)c1ccccc1C. The van der Waals surface area contributed by atoms with Crippen LogP contribution < -0.4 is 31.1 Å². The van der Waals surface area contributed by atoms with Gasteiger partial charge in [-0.3, -0.25) is 0 Å². The largest absolute Gasteiger partial charge is 0.456 e. The molecule has 1 aromatic heterocycles. The number of hydrogen-bond acceptors (Lipinski definition) is 4. The van der Waals surface area contributed by atoms with Gasteiger partial charge in [-0.15, -0.1) is 0 Å². The minimum absolute atomic E-state index is 0.00427. The zero-order valence-corrected chi connectivity index (χ0v) is 52.8. The fourth-order valence-electron chi connectivity index (χ4n) is 16.2. The molecule has 0 amide bonds. The van der Waals surface area contributed by atoms with E-state index in [4.69, 9.17) is 4.42 Å². The maximum Gasteiger partial charge on any atom is 0.252 e. The zero-order chi connectivity index (χ0) is 58.5. The first-order valence-electron chi connectivity index (χ1n) is 31.3. The van der Waals surface area contributed by atoms with Crippen LogP contribution >= 0.6 is 0 Å². The fourth-order valence-corrected chi connectivity index (χ4v) is 16.2. The maximum atomic E-state index is 7.19. The highest BCUT2D eigenvalue weighted by atomic mass is 16.3. The summed E-state index contributed by atoms with van der Waals surface area (Å²) in [5.74, 6) is 0. The Balaban J connectivity index is 1.20. The number of furan rings is 1. The summed E-state index contributed by atoms with van der Waals surface area (Å²) in [7, 11) is 0. The van der Waals surface area contributed by atoms with Crippen LogP contribution in [0.25, 0.3) is 21.9 Å². The molecule has 8 aromatic carbocycles. The summed E-state index contributed by atoms with van der Waals surface area (Å²) in [4.78, 5) is 8.06. The predicted molar refractivity (Wildman–Crippen MR) is 356 cm³/mol. The van der Waals surface area contributed by atoms with Crippen LogP contribution in [0.1, 0.15) is 192 Å². The van der Waals surface area contributed by atoms with E-state index in [1.807, 2.05) is 0 Å². The number of aryl methyl sites for hydroxylation is 2. The Morgan fingerprint density at radius 3 is 1.39 bits per heavy atom. The molecule has 0 radical (unpaired) electrons. The van der Waals surface area contributed by atoms with Crippen molar-refractivity contribution in [3.05, 3.63) is 190 Å². The molecule has 0 spiro atoms. The standard InChI is InChI=1S/C78H86BN3O/c1-47-24-18-21-27-61(47)81(62-28-22-19-25-48(62)2)50-41-66-70-67(42-50)82(63-33-31-52-51-26-20-23-29-68(51)83-71(52)69(63)72(3,4)5)65-46-58-56(76(12,13)37-39-78(58,16)17)44-60(65)79(70)59-43-55-57(77(14,15)38-36-75(55,10)11)45-64(59)80(66)49-30-32-53-54(40-49)74(8,9)35-34-73(53,6)7/h18-33,40-46H,34-39H2,1-17H3. The molecule has 2 aliphatic heterocycles. The number of nitrogens with zero attached hydrogens (tertiary/aromatic N) is 3. The Morgan fingerprint density at radius 2 is 0.867 bits per heavy atom. The highest BCUT2D eigenvalue weighted by Gasteiger charge is 2.50. The number of rotatable bonds is 5. The van der Waals surface area contributed by atoms with Crippen molar-refractivity contribution in [1.82, 2.24) is 0 Å². The first-order valence-corrected chi connectivity index (χ1v) is 31.3. The minimum atomic E-state index is -0.318. The van der Waals surface area contributed by atoms with E-state index in [-0.39, 0.29) is 44.6 Å². The van der Waals surface area contributed by atoms with Crippen LogP contribution in [-0.4, -0.2) is 6.71 Å². The number of para-hydroxylation sites is 3. The van der Waals surface area contributed by atoms with Crippen molar-refractivity contribution < 1.29 is 4.42 Å². The van der Waals surface area contributed by atoms with Gasteiger partial charge in [-0.2, -0.15) is 0 Å². The van der Waals surface area contributed by atoms with Gasteiger partial charge in [0.05, 0.1) is 11.4 Å². The van der Waals surface area contributed by atoms with E-state index in [1.165, 1.54) is 113 Å². The van der Waals surface area contributed by atoms with Crippen LogP contribution in [-0.2, 0) is 37.9 Å². The molecule has 9 aromatic rings. The number of anilines is 9. The van der Waals surface area contributed by atoms with Crippen LogP contribution in [0.5, 0.6) is 0 Å². The lowest BCUT2D eigenvalue weighted by molar-refractivity contribution is 0.332. The molecule has 0 N–H and O–H groups in total. The normalized spacial score (nSPS) is 19.1. The Bertz CT molecular complexity index is 4160. The van der Waals surface area contributed by atoms with Crippen LogP contribution in [0.15, 0.2) is 144 Å². The van der Waals surface area contributed by atoms with Crippen molar-refractivity contribution in [1.29, 1.82) is 0 Å². The molecular weight excluding hydrogens is 1010 g/mol. The summed E-state index contributed by atoms with van der Waals surface area (Å²) in [5, 5.41) is 2.31. The molecule has 0 saturated heterocycles. The third kappa shape index (κ3) is 8.04. The fraction of sp³-hybridized carbons (Fsp3) is 0.385. The quantitative estimate of drug-likeness (QED) is 0.160. The van der Waals surface area contributed by atoms with Gasteiger partial charge >= 0.3 is 0 Å². The van der Waals surface area contributed by atoms with Crippen molar-refractivity contribution in [2.75, 3.05) is 14.7 Å². The predicted octanol–water partition coefficient (Wildman–Crippen LogP) is 20.1. The third-order valence-corrected chi connectivity index (χ3v) is 21.6. The van der Waals surface area contributed by atoms with E-state index in [9.17, 15) is 0 Å². The summed E-state index contributed by atoms with van der Waals surface area (Å²) >= 11 is 0. The van der Waals surface area contributed by atoms with Gasteiger partial charge in [-0.1, -0.05) is 177 Å². The van der Waals surface area contributed by atoms with Gasteiger partial charge in [0.15, 0.2) is 0 Å². The molecule has 0 saturated carbocycles. The van der Waals surface area contributed by atoms with Crippen LogP contribution in [0.4, 0.5) is 51.2 Å². The minimum Gasteiger partial charge on any atom is -0.456 e. The Hall–Kier alpha value is -6.98. The zero-order valence-electron chi connectivity index (χ0n) is 52.8. The number of hydrogen-bond donors (Lipinski definition) is 0. The lowest BCUT2D eigenvalue weighted by atomic mass is 9.32. The Morgan fingerprint density at radius 1 is 0.422 bits per heavy atom. The first-order chi connectivity index (χ1) is 39.1. The summed E-state index contributed by atoms with van der Waals surface area (Å²) in [6.45, 7) is 41.6. The van der Waals surface area contributed by atoms with E-state index in [1.54, 1.807) is 0 Å². The molecular formula is C78H86BN3O. The summed E-state index contributed by atoms with van der Waals surface area (Å²) in [6.07, 6.45) is 6.88. The second-order valence-corrected chi connectivity index (χ2v) is 31.0. The molecule has 0 fully saturated rings. The van der Waals surface area contributed by atoms with Gasteiger partial charge < -0.3 is 19.1 Å². The van der Waals surface area contributed by atoms with E-state index in [0.29, 0.717) is 0 Å². The molecule has 83 heavy (non-hydrogen) atoms. The molecule has 422 valence electrons. The second kappa shape index (κ2) is 17.8. The monoisotopic (exact) mass is 1090 g/mol. The molecule has 3 aliphatic carbocycles. The van der Waals surface area contributed by atoms with Gasteiger partial charge in [-0.25, -0.2) is 0 Å². The molecule has 0 bridgehead atoms. The van der Waals surface area contributed by atoms with Gasteiger partial charge in [0.25, 0.3) is 6.71 Å². The van der Waals surface area contributed by atoms with E-state index in [0.717, 1.165) is 65.4 Å².